The second kappa shape index (κ2) is 6.46. The molecule has 134 valence electrons. The fourth-order valence-electron chi connectivity index (χ4n) is 2.68. The van der Waals surface area contributed by atoms with Crippen LogP contribution < -0.4 is 5.32 Å². The van der Waals surface area contributed by atoms with E-state index in [4.69, 9.17) is 4.74 Å². The lowest BCUT2D eigenvalue weighted by Crippen LogP contribution is -2.17. The fraction of sp³-hybridized carbons (Fsp3) is 0.500. The van der Waals surface area contributed by atoms with Gasteiger partial charge in [0.25, 0.3) is 0 Å². The second-order valence-electron chi connectivity index (χ2n) is 6.89. The number of carbonyl (C=O) groups excluding carboxylic acids is 1. The highest BCUT2D eigenvalue weighted by Crippen LogP contribution is 2.38. The van der Waals surface area contributed by atoms with Crippen LogP contribution in [0.4, 0.5) is 10.2 Å². The molecule has 1 saturated carbocycles. The maximum atomic E-state index is 14.7. The molecule has 0 unspecified atom stereocenters. The van der Waals surface area contributed by atoms with Crippen LogP contribution in [0.15, 0.2) is 18.3 Å². The smallest absolute Gasteiger partial charge is 0.341 e. The number of carbonyl (C=O) groups is 1. The summed E-state index contributed by atoms with van der Waals surface area (Å²) in [6.07, 6.45) is 3.51. The lowest BCUT2D eigenvalue weighted by atomic mass is 10.1. The third-order valence-electron chi connectivity index (χ3n) is 4.31. The van der Waals surface area contributed by atoms with E-state index in [1.165, 1.54) is 6.20 Å². The van der Waals surface area contributed by atoms with Gasteiger partial charge in [0.05, 0.1) is 24.1 Å². The Hall–Kier alpha value is -2.44. The molecule has 2 heterocycles. The molecule has 1 fully saturated rings. The number of aromatic nitrogens is 3. The topological polar surface area (TPSA) is 69.0 Å². The van der Waals surface area contributed by atoms with Gasteiger partial charge in [0.15, 0.2) is 0 Å². The van der Waals surface area contributed by atoms with Crippen molar-refractivity contribution < 1.29 is 13.9 Å². The molecule has 0 amide bonds. The molecule has 0 saturated heterocycles. The number of nitrogens with one attached hydrogen (secondary N) is 1. The molecule has 0 radical (unpaired) electrons. The van der Waals surface area contributed by atoms with Crippen molar-refractivity contribution in [3.63, 3.8) is 0 Å². The number of pyridine rings is 1. The van der Waals surface area contributed by atoms with E-state index in [2.05, 4.69) is 22.3 Å². The van der Waals surface area contributed by atoms with Gasteiger partial charge in [-0.15, -0.1) is 0 Å². The summed E-state index contributed by atoms with van der Waals surface area (Å²) < 4.78 is 21.4. The average Bonchev–Trinajstić information content (AvgIpc) is 3.10. The third-order valence-corrected chi connectivity index (χ3v) is 4.31. The van der Waals surface area contributed by atoms with Crippen molar-refractivity contribution in [2.45, 2.75) is 52.1 Å². The number of ether oxygens (including phenoxy) is 1. The average molecular weight is 346 g/mol. The van der Waals surface area contributed by atoms with Crippen molar-refractivity contribution in [3.8, 4) is 11.3 Å². The number of halogens is 1. The van der Waals surface area contributed by atoms with Crippen LogP contribution in [0.5, 0.6) is 0 Å². The first-order chi connectivity index (χ1) is 11.8. The fourth-order valence-corrected chi connectivity index (χ4v) is 2.68. The molecule has 25 heavy (non-hydrogen) atoms. The molecule has 0 aromatic carbocycles. The Morgan fingerprint density at radius 1 is 1.44 bits per heavy atom. The highest BCUT2D eigenvalue weighted by Gasteiger charge is 2.37. The van der Waals surface area contributed by atoms with Gasteiger partial charge in [-0.2, -0.15) is 9.49 Å². The first-order valence-corrected chi connectivity index (χ1v) is 8.54. The lowest BCUT2D eigenvalue weighted by Gasteiger charge is -2.15. The SMILES string of the molecule is CCOC(=O)c1cnn(C(C)C)c1-c1ccc(NC2(C)CC2)nc1F. The quantitative estimate of drug-likeness (QED) is 0.636. The molecule has 0 bridgehead atoms. The molecular formula is C18H23FN4O2. The summed E-state index contributed by atoms with van der Waals surface area (Å²) in [6, 6.07) is 3.32. The van der Waals surface area contributed by atoms with Crippen LogP contribution in [0.25, 0.3) is 11.3 Å². The minimum atomic E-state index is -0.637. The molecule has 0 aliphatic heterocycles. The molecule has 3 rings (SSSR count). The van der Waals surface area contributed by atoms with Crippen molar-refractivity contribution >= 4 is 11.8 Å². The predicted molar refractivity (Wildman–Crippen MR) is 93.0 cm³/mol. The van der Waals surface area contributed by atoms with Gasteiger partial charge in [-0.3, -0.25) is 4.68 Å². The van der Waals surface area contributed by atoms with Crippen molar-refractivity contribution in [2.75, 3.05) is 11.9 Å². The molecule has 0 spiro atoms. The molecule has 7 heteroatoms. The second-order valence-corrected chi connectivity index (χ2v) is 6.89. The van der Waals surface area contributed by atoms with Crippen LogP contribution in [0.1, 0.15) is 56.9 Å². The summed E-state index contributed by atoms with van der Waals surface area (Å²) in [5.41, 5.74) is 0.881. The largest absolute Gasteiger partial charge is 0.462 e. The van der Waals surface area contributed by atoms with Gasteiger partial charge < -0.3 is 10.1 Å². The number of nitrogens with zero attached hydrogens (tertiary/aromatic N) is 3. The molecule has 1 aliphatic carbocycles. The molecule has 1 N–H and O–H groups in total. The summed E-state index contributed by atoms with van der Waals surface area (Å²) in [4.78, 5) is 16.2. The van der Waals surface area contributed by atoms with Crippen molar-refractivity contribution in [3.05, 3.63) is 29.8 Å². The Bertz CT molecular complexity index is 796. The van der Waals surface area contributed by atoms with Gasteiger partial charge in [0.1, 0.15) is 11.4 Å². The highest BCUT2D eigenvalue weighted by molar-refractivity contribution is 5.96. The van der Waals surface area contributed by atoms with Gasteiger partial charge >= 0.3 is 5.97 Å². The van der Waals surface area contributed by atoms with E-state index in [-0.39, 0.29) is 29.3 Å². The lowest BCUT2D eigenvalue weighted by molar-refractivity contribution is 0.0527. The zero-order valence-corrected chi connectivity index (χ0v) is 15.0. The van der Waals surface area contributed by atoms with Crippen LogP contribution in [0.3, 0.4) is 0 Å². The van der Waals surface area contributed by atoms with Gasteiger partial charge in [0, 0.05) is 11.6 Å². The zero-order chi connectivity index (χ0) is 18.2. The van der Waals surface area contributed by atoms with Crippen LogP contribution in [-0.4, -0.2) is 32.9 Å². The van der Waals surface area contributed by atoms with E-state index in [0.717, 1.165) is 12.8 Å². The maximum absolute atomic E-state index is 14.7. The number of hydrogen-bond donors (Lipinski definition) is 1. The normalized spacial score (nSPS) is 15.3. The Morgan fingerprint density at radius 2 is 2.16 bits per heavy atom. The van der Waals surface area contributed by atoms with Gasteiger partial charge in [-0.25, -0.2) is 9.78 Å². The Kier molecular flexibility index (Phi) is 4.49. The van der Waals surface area contributed by atoms with Gasteiger partial charge in [-0.05, 0) is 52.7 Å². The van der Waals surface area contributed by atoms with Crippen LogP contribution >= 0.6 is 0 Å². The maximum Gasteiger partial charge on any atom is 0.341 e. The molecule has 0 atom stereocenters. The Balaban J connectivity index is 2.02. The zero-order valence-electron chi connectivity index (χ0n) is 15.0. The first kappa shape index (κ1) is 17.4. The van der Waals surface area contributed by atoms with E-state index in [1.807, 2.05) is 13.8 Å². The number of rotatable bonds is 6. The number of esters is 1. The minimum absolute atomic E-state index is 0.0107. The van der Waals surface area contributed by atoms with Crippen LogP contribution in [0.2, 0.25) is 0 Å². The van der Waals surface area contributed by atoms with E-state index < -0.39 is 11.9 Å². The number of anilines is 1. The van der Waals surface area contributed by atoms with Crippen molar-refractivity contribution in [1.82, 2.24) is 14.8 Å². The predicted octanol–water partition coefficient (Wildman–Crippen LogP) is 3.81. The van der Waals surface area contributed by atoms with Crippen LogP contribution in [0, 0.1) is 5.95 Å². The monoisotopic (exact) mass is 346 g/mol. The summed E-state index contributed by atoms with van der Waals surface area (Å²) in [5.74, 6) is -0.659. The highest BCUT2D eigenvalue weighted by atomic mass is 19.1. The van der Waals surface area contributed by atoms with Crippen molar-refractivity contribution in [2.24, 2.45) is 0 Å². The van der Waals surface area contributed by atoms with E-state index >= 15 is 0 Å². The molecule has 6 nitrogen and oxygen atoms in total. The van der Waals surface area contributed by atoms with Gasteiger partial charge in [0.2, 0.25) is 5.95 Å². The Labute approximate surface area is 146 Å². The van der Waals surface area contributed by atoms with Crippen molar-refractivity contribution in [1.29, 1.82) is 0 Å². The molecule has 2 aromatic rings. The van der Waals surface area contributed by atoms with Gasteiger partial charge in [-0.1, -0.05) is 0 Å². The summed E-state index contributed by atoms with van der Waals surface area (Å²) in [7, 11) is 0. The molecular weight excluding hydrogens is 323 g/mol. The summed E-state index contributed by atoms with van der Waals surface area (Å²) >= 11 is 0. The third kappa shape index (κ3) is 3.50. The van der Waals surface area contributed by atoms with E-state index in [1.54, 1.807) is 23.7 Å². The van der Waals surface area contributed by atoms with E-state index in [0.29, 0.717) is 11.5 Å². The first-order valence-electron chi connectivity index (χ1n) is 8.54. The molecule has 1 aliphatic rings. The summed E-state index contributed by atoms with van der Waals surface area (Å²) in [6.45, 7) is 7.88. The standard InChI is InChI=1S/C18H23FN4O2/c1-5-25-17(24)13-10-20-23(11(2)3)15(13)12-6-7-14(21-16(12)19)22-18(4)8-9-18/h6-7,10-11H,5,8-9H2,1-4H3,(H,21,22). The number of hydrogen-bond acceptors (Lipinski definition) is 5. The van der Waals surface area contributed by atoms with E-state index in [9.17, 15) is 9.18 Å². The minimum Gasteiger partial charge on any atom is -0.462 e. The summed E-state index contributed by atoms with van der Waals surface area (Å²) in [5, 5.41) is 7.47. The van der Waals surface area contributed by atoms with Crippen LogP contribution in [-0.2, 0) is 4.74 Å². The molecule has 2 aromatic heterocycles. The Morgan fingerprint density at radius 3 is 2.72 bits per heavy atom.